The van der Waals surface area contributed by atoms with Crippen LogP contribution in [-0.4, -0.2) is 41.5 Å². The molecule has 1 amide bonds. The molecule has 26 heavy (non-hydrogen) atoms. The van der Waals surface area contributed by atoms with Crippen molar-refractivity contribution in [2.24, 2.45) is 0 Å². The number of aryl methyl sites for hydroxylation is 1. The summed E-state index contributed by atoms with van der Waals surface area (Å²) in [4.78, 5) is 19.5. The summed E-state index contributed by atoms with van der Waals surface area (Å²) in [7, 11) is 0. The summed E-state index contributed by atoms with van der Waals surface area (Å²) in [6, 6.07) is 9.99. The van der Waals surface area contributed by atoms with Crippen LogP contribution in [0.25, 0.3) is 11.3 Å². The van der Waals surface area contributed by atoms with Crippen molar-refractivity contribution in [1.82, 2.24) is 15.2 Å². The smallest absolute Gasteiger partial charge is 0.253 e. The van der Waals surface area contributed by atoms with E-state index in [0.29, 0.717) is 11.3 Å². The lowest BCUT2D eigenvalue weighted by Gasteiger charge is -2.31. The molecule has 5 heteroatoms. The van der Waals surface area contributed by atoms with E-state index < -0.39 is 0 Å². The van der Waals surface area contributed by atoms with Crippen molar-refractivity contribution in [3.8, 4) is 11.3 Å². The van der Waals surface area contributed by atoms with E-state index >= 15 is 0 Å². The van der Waals surface area contributed by atoms with Gasteiger partial charge in [-0.05, 0) is 56.2 Å². The zero-order valence-corrected chi connectivity index (χ0v) is 15.0. The topological polar surface area (TPSA) is 45.2 Å². The van der Waals surface area contributed by atoms with Gasteiger partial charge < -0.3 is 5.32 Å². The Balaban J connectivity index is 1.65. The summed E-state index contributed by atoms with van der Waals surface area (Å²) in [6.45, 7) is 8.43. The molecule has 1 saturated heterocycles. The fraction of sp³-hybridized carbons (Fsp3) is 0.333. The monoisotopic (exact) mass is 353 g/mol. The maximum absolute atomic E-state index is 13.1. The van der Waals surface area contributed by atoms with Gasteiger partial charge in [-0.1, -0.05) is 6.08 Å². The number of aromatic nitrogens is 1. The van der Waals surface area contributed by atoms with Gasteiger partial charge >= 0.3 is 0 Å². The van der Waals surface area contributed by atoms with Crippen LogP contribution in [0.15, 0.2) is 49.1 Å². The van der Waals surface area contributed by atoms with E-state index in [2.05, 4.69) is 21.8 Å². The van der Waals surface area contributed by atoms with Gasteiger partial charge in [-0.15, -0.1) is 6.58 Å². The van der Waals surface area contributed by atoms with Crippen molar-refractivity contribution in [1.29, 1.82) is 0 Å². The third kappa shape index (κ3) is 4.35. The van der Waals surface area contributed by atoms with Crippen molar-refractivity contribution < 1.29 is 9.18 Å². The van der Waals surface area contributed by atoms with Gasteiger partial charge in [0, 0.05) is 31.2 Å². The molecule has 2 aromatic rings. The zero-order valence-electron chi connectivity index (χ0n) is 15.0. The number of benzene rings is 1. The van der Waals surface area contributed by atoms with Gasteiger partial charge in [-0.2, -0.15) is 0 Å². The molecule has 0 spiro atoms. The Morgan fingerprint density at radius 2 is 1.96 bits per heavy atom. The number of hydrogen-bond donors (Lipinski definition) is 1. The van der Waals surface area contributed by atoms with Gasteiger partial charge in [0.25, 0.3) is 5.91 Å². The second-order valence-corrected chi connectivity index (χ2v) is 6.67. The van der Waals surface area contributed by atoms with Crippen molar-refractivity contribution in [3.63, 3.8) is 0 Å². The van der Waals surface area contributed by atoms with Gasteiger partial charge in [0.05, 0.1) is 17.0 Å². The summed E-state index contributed by atoms with van der Waals surface area (Å²) in [5.74, 6) is -0.358. The largest absolute Gasteiger partial charge is 0.349 e. The minimum absolute atomic E-state index is 0.0807. The molecule has 136 valence electrons. The molecule has 1 fully saturated rings. The Hall–Kier alpha value is -2.53. The quantitative estimate of drug-likeness (QED) is 0.836. The standard InChI is InChI=1S/C21H24FN3O/c1-3-12-25-13-10-18(11-14-25)24-21(26)19-8-9-20(23-15(19)2)16-4-6-17(22)7-5-16/h3-9,18H,1,10-14H2,2H3,(H,24,26). The highest BCUT2D eigenvalue weighted by Gasteiger charge is 2.21. The molecule has 0 radical (unpaired) electrons. The molecular weight excluding hydrogens is 329 g/mol. The number of amides is 1. The third-order valence-electron chi connectivity index (χ3n) is 4.78. The molecule has 0 bridgehead atoms. The number of halogens is 1. The molecule has 1 N–H and O–H groups in total. The SMILES string of the molecule is C=CCN1CCC(NC(=O)c2ccc(-c3ccc(F)cc3)nc2C)CC1. The van der Waals surface area contributed by atoms with E-state index in [1.54, 1.807) is 18.2 Å². The normalized spacial score (nSPS) is 15.6. The van der Waals surface area contributed by atoms with Crippen LogP contribution in [0.4, 0.5) is 4.39 Å². The van der Waals surface area contributed by atoms with Gasteiger partial charge in [0.15, 0.2) is 0 Å². The van der Waals surface area contributed by atoms with E-state index in [0.717, 1.165) is 43.7 Å². The summed E-state index contributed by atoms with van der Waals surface area (Å²) in [6.07, 6.45) is 3.80. The summed E-state index contributed by atoms with van der Waals surface area (Å²) in [5.41, 5.74) is 2.82. The number of hydrogen-bond acceptors (Lipinski definition) is 3. The van der Waals surface area contributed by atoms with Crippen LogP contribution in [0.5, 0.6) is 0 Å². The number of carbonyl (C=O) groups excluding carboxylic acids is 1. The lowest BCUT2D eigenvalue weighted by atomic mass is 10.0. The molecule has 1 aliphatic rings. The second kappa shape index (κ2) is 8.23. The molecule has 1 aromatic heterocycles. The van der Waals surface area contributed by atoms with Crippen LogP contribution in [0.2, 0.25) is 0 Å². The van der Waals surface area contributed by atoms with E-state index in [1.807, 2.05) is 19.1 Å². The summed E-state index contributed by atoms with van der Waals surface area (Å²) in [5, 5.41) is 3.12. The molecule has 4 nitrogen and oxygen atoms in total. The van der Waals surface area contributed by atoms with Crippen LogP contribution < -0.4 is 5.32 Å². The summed E-state index contributed by atoms with van der Waals surface area (Å²) >= 11 is 0. The van der Waals surface area contributed by atoms with Crippen LogP contribution in [-0.2, 0) is 0 Å². The molecule has 1 aromatic carbocycles. The van der Waals surface area contributed by atoms with Crippen LogP contribution in [0.3, 0.4) is 0 Å². The lowest BCUT2D eigenvalue weighted by Crippen LogP contribution is -2.44. The maximum Gasteiger partial charge on any atom is 0.253 e. The van der Waals surface area contributed by atoms with Crippen molar-refractivity contribution in [3.05, 3.63) is 66.1 Å². The molecule has 3 rings (SSSR count). The average molecular weight is 353 g/mol. The van der Waals surface area contributed by atoms with E-state index in [4.69, 9.17) is 0 Å². The zero-order chi connectivity index (χ0) is 18.5. The number of piperidine rings is 1. The summed E-state index contributed by atoms with van der Waals surface area (Å²) < 4.78 is 13.1. The van der Waals surface area contributed by atoms with Crippen molar-refractivity contribution in [2.45, 2.75) is 25.8 Å². The first-order chi connectivity index (χ1) is 12.6. The molecule has 0 atom stereocenters. The fourth-order valence-corrected chi connectivity index (χ4v) is 3.29. The number of carbonyl (C=O) groups is 1. The highest BCUT2D eigenvalue weighted by Crippen LogP contribution is 2.20. The van der Waals surface area contributed by atoms with Crippen molar-refractivity contribution >= 4 is 5.91 Å². The van der Waals surface area contributed by atoms with Crippen molar-refractivity contribution in [2.75, 3.05) is 19.6 Å². The van der Waals surface area contributed by atoms with Crippen LogP contribution in [0.1, 0.15) is 28.9 Å². The van der Waals surface area contributed by atoms with Gasteiger partial charge in [0.1, 0.15) is 5.82 Å². The predicted octanol–water partition coefficient (Wildman–Crippen LogP) is 3.58. The maximum atomic E-state index is 13.1. The Bertz CT molecular complexity index is 780. The minimum atomic E-state index is -0.277. The van der Waals surface area contributed by atoms with Gasteiger partial charge in [-0.25, -0.2) is 4.39 Å². The van der Waals surface area contributed by atoms with Crippen LogP contribution >= 0.6 is 0 Å². The first-order valence-electron chi connectivity index (χ1n) is 8.94. The first kappa shape index (κ1) is 18.3. The Labute approximate surface area is 153 Å². The Kier molecular flexibility index (Phi) is 5.78. The molecule has 0 saturated carbocycles. The van der Waals surface area contributed by atoms with E-state index in [-0.39, 0.29) is 17.8 Å². The highest BCUT2D eigenvalue weighted by atomic mass is 19.1. The molecule has 2 heterocycles. The van der Waals surface area contributed by atoms with E-state index in [9.17, 15) is 9.18 Å². The van der Waals surface area contributed by atoms with Gasteiger partial charge in [-0.3, -0.25) is 14.7 Å². The Morgan fingerprint density at radius 1 is 1.27 bits per heavy atom. The third-order valence-corrected chi connectivity index (χ3v) is 4.78. The van der Waals surface area contributed by atoms with E-state index in [1.165, 1.54) is 12.1 Å². The minimum Gasteiger partial charge on any atom is -0.349 e. The number of nitrogens with zero attached hydrogens (tertiary/aromatic N) is 2. The number of likely N-dealkylation sites (tertiary alicyclic amines) is 1. The number of rotatable bonds is 5. The molecule has 0 unspecified atom stereocenters. The molecular formula is C21H24FN3O. The molecule has 1 aliphatic heterocycles. The van der Waals surface area contributed by atoms with Crippen LogP contribution in [0, 0.1) is 12.7 Å². The van der Waals surface area contributed by atoms with Gasteiger partial charge in [0.2, 0.25) is 0 Å². The second-order valence-electron chi connectivity index (χ2n) is 6.67. The number of nitrogens with one attached hydrogen (secondary N) is 1. The predicted molar refractivity (Wildman–Crippen MR) is 101 cm³/mol. The average Bonchev–Trinajstić information content (AvgIpc) is 2.64. The Morgan fingerprint density at radius 3 is 2.58 bits per heavy atom. The highest BCUT2D eigenvalue weighted by molar-refractivity contribution is 5.95. The number of pyridine rings is 1. The first-order valence-corrected chi connectivity index (χ1v) is 8.94. The molecule has 0 aliphatic carbocycles. The fourth-order valence-electron chi connectivity index (χ4n) is 3.29. The lowest BCUT2D eigenvalue weighted by molar-refractivity contribution is 0.0913.